The number of amides is 1. The summed E-state index contributed by atoms with van der Waals surface area (Å²) in [6, 6.07) is 13.0. The first-order valence-electron chi connectivity index (χ1n) is 9.42. The van der Waals surface area contributed by atoms with Gasteiger partial charge in [-0.3, -0.25) is 4.79 Å². The summed E-state index contributed by atoms with van der Waals surface area (Å²) >= 11 is 0. The molecule has 1 aliphatic heterocycles. The van der Waals surface area contributed by atoms with Crippen LogP contribution in [0.3, 0.4) is 0 Å². The first kappa shape index (κ1) is 20.5. The van der Waals surface area contributed by atoms with Crippen LogP contribution in [0.4, 0.5) is 4.39 Å². The number of hydrogen-bond acceptors (Lipinski definition) is 3. The molecule has 0 saturated carbocycles. The van der Waals surface area contributed by atoms with Crippen LogP contribution in [0.5, 0.6) is 0 Å². The molecule has 1 fully saturated rings. The van der Waals surface area contributed by atoms with Crippen molar-refractivity contribution >= 4 is 15.9 Å². The fraction of sp³-hybridized carbons (Fsp3) is 0.381. The summed E-state index contributed by atoms with van der Waals surface area (Å²) in [5, 5.41) is 2.81. The summed E-state index contributed by atoms with van der Waals surface area (Å²) in [5.74, 6) is -0.269. The molecule has 1 amide bonds. The second-order valence-corrected chi connectivity index (χ2v) is 9.21. The SMILES string of the molecule is Cc1ccc(S(=O)(=O)N2CCC(CC(=O)NCc3cccc(F)c3)CC2)cc1. The molecule has 28 heavy (non-hydrogen) atoms. The van der Waals surface area contributed by atoms with Gasteiger partial charge < -0.3 is 5.32 Å². The van der Waals surface area contributed by atoms with Crippen molar-refractivity contribution in [1.29, 1.82) is 0 Å². The maximum Gasteiger partial charge on any atom is 0.243 e. The van der Waals surface area contributed by atoms with Gasteiger partial charge in [-0.1, -0.05) is 29.8 Å². The highest BCUT2D eigenvalue weighted by Crippen LogP contribution is 2.25. The number of halogens is 1. The number of nitrogens with one attached hydrogen (secondary N) is 1. The minimum atomic E-state index is -3.48. The van der Waals surface area contributed by atoms with Crippen molar-refractivity contribution in [3.05, 3.63) is 65.5 Å². The van der Waals surface area contributed by atoms with Crippen LogP contribution in [0, 0.1) is 18.7 Å². The molecule has 0 aliphatic carbocycles. The quantitative estimate of drug-likeness (QED) is 0.804. The lowest BCUT2D eigenvalue weighted by Crippen LogP contribution is -2.39. The maximum atomic E-state index is 13.2. The second kappa shape index (κ2) is 8.84. The molecule has 0 aromatic heterocycles. The highest BCUT2D eigenvalue weighted by atomic mass is 32.2. The first-order chi connectivity index (χ1) is 13.3. The lowest BCUT2D eigenvalue weighted by atomic mass is 9.94. The maximum absolute atomic E-state index is 13.2. The molecule has 1 aliphatic rings. The molecule has 150 valence electrons. The standard InChI is InChI=1S/C21H25FN2O3S/c1-16-5-7-20(8-6-16)28(26,27)24-11-9-17(10-12-24)14-21(25)23-15-18-3-2-4-19(22)13-18/h2-8,13,17H,9-12,14-15H2,1H3,(H,23,25). The lowest BCUT2D eigenvalue weighted by Gasteiger charge is -2.31. The summed E-state index contributed by atoms with van der Waals surface area (Å²) in [7, 11) is -3.48. The summed E-state index contributed by atoms with van der Waals surface area (Å²) in [6.07, 6.45) is 1.66. The molecule has 2 aromatic rings. The minimum absolute atomic E-state index is 0.0934. The number of piperidine rings is 1. The van der Waals surface area contributed by atoms with Crippen LogP contribution in [0.25, 0.3) is 0 Å². The van der Waals surface area contributed by atoms with Gasteiger partial charge in [0.2, 0.25) is 15.9 Å². The van der Waals surface area contributed by atoms with Crippen LogP contribution < -0.4 is 5.32 Å². The van der Waals surface area contributed by atoms with Crippen molar-refractivity contribution in [3.63, 3.8) is 0 Å². The van der Waals surface area contributed by atoms with Gasteiger partial charge in [-0.05, 0) is 55.5 Å². The topological polar surface area (TPSA) is 66.5 Å². The van der Waals surface area contributed by atoms with E-state index in [1.165, 1.54) is 16.4 Å². The minimum Gasteiger partial charge on any atom is -0.352 e. The van der Waals surface area contributed by atoms with Gasteiger partial charge in [0.1, 0.15) is 5.82 Å². The summed E-state index contributed by atoms with van der Waals surface area (Å²) < 4.78 is 40.1. The Balaban J connectivity index is 1.48. The van der Waals surface area contributed by atoms with Crippen LogP contribution in [-0.2, 0) is 21.4 Å². The van der Waals surface area contributed by atoms with Crippen molar-refractivity contribution in [2.45, 2.75) is 37.6 Å². The second-order valence-electron chi connectivity index (χ2n) is 7.27. The number of hydrogen-bond donors (Lipinski definition) is 1. The van der Waals surface area contributed by atoms with E-state index in [1.807, 2.05) is 6.92 Å². The molecule has 7 heteroatoms. The van der Waals surface area contributed by atoms with Gasteiger partial charge in [0, 0.05) is 26.1 Å². The highest BCUT2D eigenvalue weighted by molar-refractivity contribution is 7.89. The number of carbonyl (C=O) groups is 1. The molecule has 2 aromatic carbocycles. The third kappa shape index (κ3) is 5.17. The van der Waals surface area contributed by atoms with Crippen molar-refractivity contribution < 1.29 is 17.6 Å². The molecule has 0 radical (unpaired) electrons. The summed E-state index contributed by atoms with van der Waals surface area (Å²) in [5.41, 5.74) is 1.73. The number of aryl methyl sites for hydroxylation is 1. The van der Waals surface area contributed by atoms with E-state index in [0.717, 1.165) is 5.56 Å². The van der Waals surface area contributed by atoms with E-state index in [1.54, 1.807) is 36.4 Å². The molecule has 1 N–H and O–H groups in total. The van der Waals surface area contributed by atoms with Crippen LogP contribution >= 0.6 is 0 Å². The summed E-state index contributed by atoms with van der Waals surface area (Å²) in [4.78, 5) is 12.5. The van der Waals surface area contributed by atoms with E-state index < -0.39 is 10.0 Å². The van der Waals surface area contributed by atoms with Crippen LogP contribution in [0.15, 0.2) is 53.4 Å². The van der Waals surface area contributed by atoms with Crippen molar-refractivity contribution in [3.8, 4) is 0 Å². The first-order valence-corrected chi connectivity index (χ1v) is 10.9. The third-order valence-electron chi connectivity index (χ3n) is 5.09. The van der Waals surface area contributed by atoms with Gasteiger partial charge >= 0.3 is 0 Å². The Bertz CT molecular complexity index is 921. The van der Waals surface area contributed by atoms with Gasteiger partial charge in [0.15, 0.2) is 0 Å². The smallest absolute Gasteiger partial charge is 0.243 e. The van der Waals surface area contributed by atoms with Gasteiger partial charge in [-0.2, -0.15) is 4.31 Å². The molecule has 5 nitrogen and oxygen atoms in total. The number of rotatable bonds is 6. The van der Waals surface area contributed by atoms with Crippen molar-refractivity contribution in [2.24, 2.45) is 5.92 Å². The Labute approximate surface area is 165 Å². The molecule has 1 saturated heterocycles. The lowest BCUT2D eigenvalue weighted by molar-refractivity contribution is -0.122. The van der Waals surface area contributed by atoms with E-state index >= 15 is 0 Å². The molecule has 1 heterocycles. The molecule has 0 atom stereocenters. The Kier molecular flexibility index (Phi) is 6.46. The van der Waals surface area contributed by atoms with Gasteiger partial charge in [-0.15, -0.1) is 0 Å². The van der Waals surface area contributed by atoms with Crippen molar-refractivity contribution in [2.75, 3.05) is 13.1 Å². The number of sulfonamides is 1. The van der Waals surface area contributed by atoms with Gasteiger partial charge in [0.25, 0.3) is 0 Å². The monoisotopic (exact) mass is 404 g/mol. The number of benzene rings is 2. The number of carbonyl (C=O) groups excluding carboxylic acids is 1. The summed E-state index contributed by atoms with van der Waals surface area (Å²) in [6.45, 7) is 3.04. The average Bonchev–Trinajstić information content (AvgIpc) is 2.67. The Morgan fingerprint density at radius 3 is 2.46 bits per heavy atom. The molecule has 0 spiro atoms. The van der Waals surface area contributed by atoms with E-state index in [0.29, 0.717) is 42.8 Å². The van der Waals surface area contributed by atoms with Crippen LogP contribution in [0.2, 0.25) is 0 Å². The zero-order valence-corrected chi connectivity index (χ0v) is 16.7. The Morgan fingerprint density at radius 2 is 1.82 bits per heavy atom. The van der Waals surface area contributed by atoms with Gasteiger partial charge in [-0.25, -0.2) is 12.8 Å². The van der Waals surface area contributed by atoms with E-state index in [2.05, 4.69) is 5.32 Å². The highest BCUT2D eigenvalue weighted by Gasteiger charge is 2.30. The van der Waals surface area contributed by atoms with Crippen LogP contribution in [0.1, 0.15) is 30.4 Å². The zero-order valence-electron chi connectivity index (χ0n) is 15.9. The Morgan fingerprint density at radius 1 is 1.14 bits per heavy atom. The number of nitrogens with zero attached hydrogens (tertiary/aromatic N) is 1. The van der Waals surface area contributed by atoms with Crippen molar-refractivity contribution in [1.82, 2.24) is 9.62 Å². The van der Waals surface area contributed by atoms with E-state index in [4.69, 9.17) is 0 Å². The largest absolute Gasteiger partial charge is 0.352 e. The van der Waals surface area contributed by atoms with E-state index in [-0.39, 0.29) is 24.2 Å². The van der Waals surface area contributed by atoms with E-state index in [9.17, 15) is 17.6 Å². The predicted octanol–water partition coefficient (Wildman–Crippen LogP) is 3.24. The molecule has 3 rings (SSSR count). The van der Waals surface area contributed by atoms with Gasteiger partial charge in [0.05, 0.1) is 4.90 Å². The normalized spacial score (nSPS) is 16.1. The molecular formula is C21H25FN2O3S. The average molecular weight is 405 g/mol. The fourth-order valence-corrected chi connectivity index (χ4v) is 4.86. The predicted molar refractivity (Wildman–Crippen MR) is 106 cm³/mol. The van der Waals surface area contributed by atoms with Crippen LogP contribution in [-0.4, -0.2) is 31.7 Å². The Hall–Kier alpha value is -2.25. The fourth-order valence-electron chi connectivity index (χ4n) is 3.39. The third-order valence-corrected chi connectivity index (χ3v) is 7.00. The molecule has 0 unspecified atom stereocenters. The zero-order chi connectivity index (χ0) is 20.1. The molecular weight excluding hydrogens is 379 g/mol. The molecule has 0 bridgehead atoms.